The lowest BCUT2D eigenvalue weighted by molar-refractivity contribution is -0.176. The van der Waals surface area contributed by atoms with Gasteiger partial charge in [-0.2, -0.15) is 0 Å². The second-order valence-corrected chi connectivity index (χ2v) is 19.4. The maximum Gasteiger partial charge on any atom is 0.353 e. The molecule has 7 N–H and O–H groups in total. The summed E-state index contributed by atoms with van der Waals surface area (Å²) in [5.41, 5.74) is -3.88. The van der Waals surface area contributed by atoms with Crippen molar-refractivity contribution in [1.29, 1.82) is 0 Å². The molecule has 3 saturated carbocycles. The van der Waals surface area contributed by atoms with Gasteiger partial charge in [-0.15, -0.1) is 22.7 Å². The maximum absolute atomic E-state index is 14.6. The molecule has 0 radical (unpaired) electrons. The van der Waals surface area contributed by atoms with Crippen molar-refractivity contribution in [3.63, 3.8) is 0 Å². The number of benzene rings is 4. The van der Waals surface area contributed by atoms with Gasteiger partial charge in [-0.3, -0.25) is 24.5 Å². The maximum atomic E-state index is 14.6. The predicted octanol–water partition coefficient (Wildman–Crippen LogP) is 7.96. The van der Waals surface area contributed by atoms with Gasteiger partial charge in [0.05, 0.1) is 0 Å². The molecule has 3 fully saturated rings. The number of hydrogen-bond donors (Lipinski definition) is 7. The number of anilines is 2. The minimum Gasteiger partial charge on any atom is -0.480 e. The molecule has 6 aromatic rings. The van der Waals surface area contributed by atoms with E-state index in [0.29, 0.717) is 21.1 Å². The van der Waals surface area contributed by atoms with Crippen LogP contribution in [0.25, 0.3) is 0 Å². The van der Waals surface area contributed by atoms with E-state index in [0.717, 1.165) is 61.2 Å². The average molecular weight is 983 g/mol. The number of hydrogen-bond acceptors (Lipinski definition) is 13. The molecule has 0 spiro atoms. The molecule has 2 aromatic heterocycles. The molecule has 3 aliphatic rings. The highest BCUT2D eigenvalue weighted by molar-refractivity contribution is 7.12. The van der Waals surface area contributed by atoms with E-state index in [1.165, 1.54) is 84.9 Å². The van der Waals surface area contributed by atoms with Gasteiger partial charge in [0.15, 0.2) is 5.54 Å². The Morgan fingerprint density at radius 1 is 0.557 bits per heavy atom. The molecule has 3 aliphatic carbocycles. The normalized spacial score (nSPS) is 21.1. The highest BCUT2D eigenvalue weighted by atomic mass is 32.1. The molecule has 9 rings (SSSR count). The van der Waals surface area contributed by atoms with Gasteiger partial charge in [-0.05, 0) is 126 Å². The lowest BCUT2D eigenvalue weighted by Gasteiger charge is -2.64. The second-order valence-electron chi connectivity index (χ2n) is 17.5. The van der Waals surface area contributed by atoms with Gasteiger partial charge in [0.1, 0.15) is 33.0 Å². The quantitative estimate of drug-likeness (QED) is 0.0261. The molecule has 3 unspecified atom stereocenters. The van der Waals surface area contributed by atoms with E-state index in [4.69, 9.17) is 9.47 Å². The lowest BCUT2D eigenvalue weighted by Crippen LogP contribution is -2.85. The van der Waals surface area contributed by atoms with E-state index in [2.05, 4.69) is 21.3 Å². The van der Waals surface area contributed by atoms with E-state index in [1.54, 1.807) is 47.2 Å². The molecule has 4 aromatic carbocycles. The Kier molecular flexibility index (Phi) is 13.5. The third-order valence-corrected chi connectivity index (χ3v) is 15.1. The number of thiophene rings is 2. The summed E-state index contributed by atoms with van der Waals surface area (Å²) in [5.74, 6) is -9.33. The number of amides is 3. The molecule has 0 saturated heterocycles. The SMILES string of the molecule is O=C(NC1(C(=O)O)C(c2ccc(OC(=O)c3cccs3)cc2)C(NC(O)c2ccc(NC(=O)C3CCC3)cc2)(C(=O)O)C1c1ccc(OC(=O)c2cccs2)cc1)c1ccc(NC(=O)C2CCC2)cc1. The second kappa shape index (κ2) is 19.8. The first-order chi connectivity index (χ1) is 33.8. The van der Waals surface area contributed by atoms with Crippen molar-refractivity contribution in [1.82, 2.24) is 10.6 Å². The summed E-state index contributed by atoms with van der Waals surface area (Å²) in [4.78, 5) is 95.2. The number of aliphatic carboxylic acids is 2. The number of carbonyl (C=O) groups is 7. The zero-order chi connectivity index (χ0) is 49.2. The first-order valence-corrected chi connectivity index (χ1v) is 24.3. The monoisotopic (exact) mass is 982 g/mol. The average Bonchev–Trinajstić information content (AvgIpc) is 4.06. The molecule has 0 aliphatic heterocycles. The van der Waals surface area contributed by atoms with Crippen LogP contribution < -0.4 is 30.7 Å². The van der Waals surface area contributed by atoms with Crippen molar-refractivity contribution in [2.45, 2.75) is 67.7 Å². The number of esters is 2. The van der Waals surface area contributed by atoms with Crippen molar-refractivity contribution >= 4 is 75.6 Å². The number of ether oxygens (including phenoxy) is 2. The molecular weight excluding hydrogens is 937 g/mol. The third kappa shape index (κ3) is 9.21. The van der Waals surface area contributed by atoms with Crippen molar-refractivity contribution < 1.29 is 58.4 Å². The number of carboxylic acid groups (broad SMARTS) is 2. The molecule has 0 bridgehead atoms. The fourth-order valence-electron chi connectivity index (χ4n) is 9.34. The number of rotatable bonds is 17. The summed E-state index contributed by atoms with van der Waals surface area (Å²) < 4.78 is 11.2. The smallest absolute Gasteiger partial charge is 0.353 e. The summed E-state index contributed by atoms with van der Waals surface area (Å²) in [6.07, 6.45) is 3.23. The number of carboxylic acids is 2. The van der Waals surface area contributed by atoms with Gasteiger partial charge in [-0.25, -0.2) is 14.4 Å². The first-order valence-electron chi connectivity index (χ1n) is 22.5. The summed E-state index contributed by atoms with van der Waals surface area (Å²) in [6.45, 7) is 0. The van der Waals surface area contributed by atoms with Crippen molar-refractivity contribution in [3.05, 3.63) is 164 Å². The van der Waals surface area contributed by atoms with E-state index in [1.807, 2.05) is 0 Å². The number of aliphatic hydroxyl groups excluding tert-OH is 1. The Morgan fingerprint density at radius 3 is 1.36 bits per heavy atom. The third-order valence-electron chi connectivity index (χ3n) is 13.4. The van der Waals surface area contributed by atoms with Crippen LogP contribution in [0.5, 0.6) is 11.5 Å². The molecule has 3 atom stereocenters. The molecular formula is C52H46N4O12S2. The standard InChI is InChI=1S/C52H46N4O12S2/c57-43(31-5-1-6-31)53-35-19-11-33(12-20-35)45(59)55-51(49(63)64)41(29-15-23-37(24-16-29)67-47(61)39-9-3-27-69-39)52(50(65)66,42(51)30-17-25-38(26-18-30)68-48(62)40-10-4-28-70-40)56-46(60)34-13-21-36(22-14-34)54-44(58)32-7-2-8-32/h3-4,9-28,31-32,41-42,45,55,59H,1-2,5-8H2,(H,53,57)(H,54,58)(H,56,60)(H,63,64)(H,65,66). The topological polar surface area (TPSA) is 247 Å². The minimum absolute atomic E-state index is 0.0169. The van der Waals surface area contributed by atoms with E-state index >= 15 is 0 Å². The molecule has 3 amide bonds. The molecule has 18 heteroatoms. The van der Waals surface area contributed by atoms with Crippen LogP contribution in [0.2, 0.25) is 0 Å². The molecule has 2 heterocycles. The van der Waals surface area contributed by atoms with Crippen LogP contribution in [0.1, 0.15) is 103 Å². The highest BCUT2D eigenvalue weighted by Gasteiger charge is 2.79. The van der Waals surface area contributed by atoms with Gasteiger partial charge in [0, 0.05) is 40.6 Å². The Morgan fingerprint density at radius 2 is 0.986 bits per heavy atom. The summed E-state index contributed by atoms with van der Waals surface area (Å²) in [6, 6.07) is 29.5. The minimum atomic E-state index is -2.53. The first kappa shape index (κ1) is 47.6. The van der Waals surface area contributed by atoms with Gasteiger partial charge in [-0.1, -0.05) is 61.4 Å². The Hall–Kier alpha value is -7.51. The Balaban J connectivity index is 1.12. The largest absolute Gasteiger partial charge is 0.480 e. The van der Waals surface area contributed by atoms with Crippen molar-refractivity contribution in [3.8, 4) is 11.5 Å². The Bertz CT molecular complexity index is 2820. The van der Waals surface area contributed by atoms with Crippen LogP contribution in [0.3, 0.4) is 0 Å². The van der Waals surface area contributed by atoms with E-state index < -0.39 is 58.9 Å². The molecule has 16 nitrogen and oxygen atoms in total. The van der Waals surface area contributed by atoms with Crippen LogP contribution in [-0.4, -0.2) is 68.0 Å². The van der Waals surface area contributed by atoms with Crippen LogP contribution in [0.4, 0.5) is 11.4 Å². The van der Waals surface area contributed by atoms with Gasteiger partial charge in [0.25, 0.3) is 5.91 Å². The predicted molar refractivity (Wildman–Crippen MR) is 258 cm³/mol. The van der Waals surface area contributed by atoms with Gasteiger partial charge in [0.2, 0.25) is 11.8 Å². The number of aliphatic hydroxyl groups is 1. The fraction of sp³-hybridized carbons (Fsp3) is 0.250. The van der Waals surface area contributed by atoms with E-state index in [-0.39, 0.29) is 57.4 Å². The number of carbonyl (C=O) groups excluding carboxylic acids is 5. The summed E-state index contributed by atoms with van der Waals surface area (Å²) in [7, 11) is 0. The fourth-order valence-corrected chi connectivity index (χ4v) is 10.5. The zero-order valence-corrected chi connectivity index (χ0v) is 38.8. The van der Waals surface area contributed by atoms with Crippen LogP contribution >= 0.6 is 22.7 Å². The van der Waals surface area contributed by atoms with Gasteiger partial charge >= 0.3 is 23.9 Å². The summed E-state index contributed by atoms with van der Waals surface area (Å²) in [5, 5.41) is 50.0. The van der Waals surface area contributed by atoms with Crippen molar-refractivity contribution in [2.24, 2.45) is 11.8 Å². The van der Waals surface area contributed by atoms with Crippen LogP contribution in [0.15, 0.2) is 132 Å². The highest BCUT2D eigenvalue weighted by Crippen LogP contribution is 2.64. The van der Waals surface area contributed by atoms with Gasteiger partial charge < -0.3 is 40.7 Å². The van der Waals surface area contributed by atoms with Crippen molar-refractivity contribution in [2.75, 3.05) is 10.6 Å². The molecule has 358 valence electrons. The van der Waals surface area contributed by atoms with Crippen LogP contribution in [-0.2, 0) is 19.2 Å². The van der Waals surface area contributed by atoms with Crippen LogP contribution in [0, 0.1) is 11.8 Å². The lowest BCUT2D eigenvalue weighted by atomic mass is 9.43. The number of nitrogens with one attached hydrogen (secondary N) is 4. The molecule has 70 heavy (non-hydrogen) atoms. The summed E-state index contributed by atoms with van der Waals surface area (Å²) >= 11 is 2.32. The Labute approximate surface area is 408 Å². The zero-order valence-electron chi connectivity index (χ0n) is 37.2. The van der Waals surface area contributed by atoms with E-state index in [9.17, 15) is 48.9 Å².